The summed E-state index contributed by atoms with van der Waals surface area (Å²) in [6, 6.07) is 4.93. The number of nitrogens with one attached hydrogen (secondary N) is 3. The number of aryl methyl sites for hydroxylation is 1. The zero-order chi connectivity index (χ0) is 14.6. The number of sulfonamides is 1. The summed E-state index contributed by atoms with van der Waals surface area (Å²) in [7, 11) is -2.14. The van der Waals surface area contributed by atoms with E-state index in [1.54, 1.807) is 26.0 Å². The molecule has 0 saturated carbocycles. The molecule has 0 radical (unpaired) electrons. The molecule has 0 spiro atoms. The van der Waals surface area contributed by atoms with Crippen LogP contribution in [0.5, 0.6) is 0 Å². The van der Waals surface area contributed by atoms with Gasteiger partial charge in [-0.1, -0.05) is 6.07 Å². The highest BCUT2D eigenvalue weighted by Gasteiger charge is 2.15. The minimum Gasteiger partial charge on any atom is -0.385 e. The van der Waals surface area contributed by atoms with E-state index in [-0.39, 0.29) is 4.90 Å². The average molecular weight is 282 g/mol. The first-order chi connectivity index (χ1) is 8.81. The van der Waals surface area contributed by atoms with E-state index in [0.29, 0.717) is 22.6 Å². The fraction of sp³-hybridized carbons (Fsp3) is 0.250. The molecule has 0 saturated heterocycles. The molecular formula is C12H18N4O2S. The van der Waals surface area contributed by atoms with Gasteiger partial charge in [-0.05, 0) is 38.6 Å². The summed E-state index contributed by atoms with van der Waals surface area (Å²) in [6.07, 6.45) is 1.13. The average Bonchev–Trinajstić information content (AvgIpc) is 2.39. The molecule has 0 aliphatic carbocycles. The summed E-state index contributed by atoms with van der Waals surface area (Å²) in [5.41, 5.74) is 7.51. The SMILES string of the molecule is CNS(=O)(=O)c1cc(N/C(N)=C(\C)C=N)ccc1C. The Balaban J connectivity index is 3.22. The van der Waals surface area contributed by atoms with Crippen LogP contribution in [0, 0.1) is 12.3 Å². The topological polar surface area (TPSA) is 108 Å². The molecule has 0 amide bonds. The van der Waals surface area contributed by atoms with Crippen LogP contribution in [0.4, 0.5) is 5.69 Å². The van der Waals surface area contributed by atoms with Gasteiger partial charge in [-0.25, -0.2) is 13.1 Å². The van der Waals surface area contributed by atoms with Gasteiger partial charge in [0, 0.05) is 17.5 Å². The van der Waals surface area contributed by atoms with Gasteiger partial charge in [0.05, 0.1) is 4.90 Å². The van der Waals surface area contributed by atoms with E-state index in [9.17, 15) is 8.42 Å². The van der Waals surface area contributed by atoms with E-state index < -0.39 is 10.0 Å². The first-order valence-electron chi connectivity index (χ1n) is 5.60. The number of benzene rings is 1. The van der Waals surface area contributed by atoms with Crippen molar-refractivity contribution < 1.29 is 8.42 Å². The van der Waals surface area contributed by atoms with Crippen molar-refractivity contribution in [1.29, 1.82) is 5.41 Å². The molecule has 1 aromatic rings. The van der Waals surface area contributed by atoms with Gasteiger partial charge in [-0.3, -0.25) is 0 Å². The molecule has 7 heteroatoms. The van der Waals surface area contributed by atoms with E-state index in [2.05, 4.69) is 10.0 Å². The number of hydrogen-bond donors (Lipinski definition) is 4. The van der Waals surface area contributed by atoms with E-state index in [4.69, 9.17) is 11.1 Å². The smallest absolute Gasteiger partial charge is 0.240 e. The summed E-state index contributed by atoms with van der Waals surface area (Å²) in [5, 5.41) is 9.97. The Hall–Kier alpha value is -1.86. The van der Waals surface area contributed by atoms with E-state index in [1.165, 1.54) is 13.1 Å². The highest BCUT2D eigenvalue weighted by atomic mass is 32.2. The molecule has 6 nitrogen and oxygen atoms in total. The van der Waals surface area contributed by atoms with Gasteiger partial charge in [0.2, 0.25) is 10.0 Å². The fourth-order valence-corrected chi connectivity index (χ4v) is 2.40. The maximum Gasteiger partial charge on any atom is 0.240 e. The number of allylic oxidation sites excluding steroid dienone is 1. The number of hydrogen-bond acceptors (Lipinski definition) is 5. The van der Waals surface area contributed by atoms with Crippen LogP contribution in [0.2, 0.25) is 0 Å². The molecule has 104 valence electrons. The molecule has 0 aromatic heterocycles. The second-order valence-corrected chi connectivity index (χ2v) is 5.91. The summed E-state index contributed by atoms with van der Waals surface area (Å²) < 4.78 is 25.9. The monoisotopic (exact) mass is 282 g/mol. The van der Waals surface area contributed by atoms with Crippen molar-refractivity contribution in [2.75, 3.05) is 12.4 Å². The predicted octanol–water partition coefficient (Wildman–Crippen LogP) is 1.15. The van der Waals surface area contributed by atoms with Crippen LogP contribution in [0.15, 0.2) is 34.5 Å². The van der Waals surface area contributed by atoms with Crippen LogP contribution in [0.3, 0.4) is 0 Å². The second kappa shape index (κ2) is 5.85. The quantitative estimate of drug-likeness (QED) is 0.607. The summed E-state index contributed by atoms with van der Waals surface area (Å²) in [5.74, 6) is 0.312. The van der Waals surface area contributed by atoms with Crippen LogP contribution in [0.25, 0.3) is 0 Å². The zero-order valence-electron chi connectivity index (χ0n) is 11.1. The molecule has 19 heavy (non-hydrogen) atoms. The minimum absolute atomic E-state index is 0.195. The third kappa shape index (κ3) is 3.55. The second-order valence-electron chi connectivity index (χ2n) is 4.05. The van der Waals surface area contributed by atoms with E-state index in [0.717, 1.165) is 6.21 Å². The molecule has 0 atom stereocenters. The Labute approximate surface area is 113 Å². The molecule has 0 fully saturated rings. The van der Waals surface area contributed by atoms with E-state index >= 15 is 0 Å². The van der Waals surface area contributed by atoms with Crippen molar-refractivity contribution in [3.8, 4) is 0 Å². The van der Waals surface area contributed by atoms with Gasteiger partial charge in [0.25, 0.3) is 0 Å². The van der Waals surface area contributed by atoms with Gasteiger partial charge < -0.3 is 16.5 Å². The Bertz CT molecular complexity index is 621. The van der Waals surface area contributed by atoms with Gasteiger partial charge in [-0.15, -0.1) is 0 Å². The molecule has 0 aliphatic rings. The van der Waals surface area contributed by atoms with Crippen molar-refractivity contribution in [2.45, 2.75) is 18.7 Å². The van der Waals surface area contributed by atoms with Crippen molar-refractivity contribution in [3.63, 3.8) is 0 Å². The van der Waals surface area contributed by atoms with Crippen LogP contribution >= 0.6 is 0 Å². The predicted molar refractivity (Wildman–Crippen MR) is 76.7 cm³/mol. The van der Waals surface area contributed by atoms with Crippen LogP contribution in [-0.2, 0) is 10.0 Å². The highest BCUT2D eigenvalue weighted by molar-refractivity contribution is 7.89. The highest BCUT2D eigenvalue weighted by Crippen LogP contribution is 2.20. The number of anilines is 1. The molecule has 5 N–H and O–H groups in total. The maximum atomic E-state index is 11.8. The lowest BCUT2D eigenvalue weighted by atomic mass is 10.2. The molecule has 0 heterocycles. The molecule has 1 aromatic carbocycles. The van der Waals surface area contributed by atoms with Crippen molar-refractivity contribution >= 4 is 21.9 Å². The third-order valence-electron chi connectivity index (χ3n) is 2.67. The summed E-state index contributed by atoms with van der Waals surface area (Å²) in [4.78, 5) is 0.195. The molecule has 0 unspecified atom stereocenters. The maximum absolute atomic E-state index is 11.8. The molecule has 1 rings (SSSR count). The fourth-order valence-electron chi connectivity index (χ4n) is 1.41. The van der Waals surface area contributed by atoms with Crippen LogP contribution in [-0.4, -0.2) is 21.7 Å². The molecule has 0 aliphatic heterocycles. The van der Waals surface area contributed by atoms with Gasteiger partial charge in [0.1, 0.15) is 5.82 Å². The van der Waals surface area contributed by atoms with Crippen LogP contribution in [0.1, 0.15) is 12.5 Å². The lowest BCUT2D eigenvalue weighted by Gasteiger charge is -2.12. The largest absolute Gasteiger partial charge is 0.385 e. The van der Waals surface area contributed by atoms with Gasteiger partial charge >= 0.3 is 0 Å². The van der Waals surface area contributed by atoms with Crippen molar-refractivity contribution in [1.82, 2.24) is 4.72 Å². The Morgan fingerprint density at radius 3 is 2.58 bits per heavy atom. The first kappa shape index (κ1) is 15.2. The zero-order valence-corrected chi connectivity index (χ0v) is 11.9. The Morgan fingerprint density at radius 2 is 2.05 bits per heavy atom. The lowest BCUT2D eigenvalue weighted by molar-refractivity contribution is 0.587. The first-order valence-corrected chi connectivity index (χ1v) is 7.08. The number of nitrogens with two attached hydrogens (primary N) is 1. The van der Waals surface area contributed by atoms with E-state index in [1.807, 2.05) is 0 Å². The molecular weight excluding hydrogens is 264 g/mol. The standard InChI is InChI=1S/C12H18N4O2S/c1-8-4-5-10(16-12(14)9(2)7-13)6-11(8)19(17,18)15-3/h4-7,13,15-16H,14H2,1-3H3/b12-9+,13-7?. The third-order valence-corrected chi connectivity index (χ3v) is 4.22. The number of rotatable bonds is 5. The van der Waals surface area contributed by atoms with Crippen molar-refractivity contribution in [2.24, 2.45) is 5.73 Å². The Morgan fingerprint density at radius 1 is 1.42 bits per heavy atom. The van der Waals surface area contributed by atoms with Crippen molar-refractivity contribution in [3.05, 3.63) is 35.2 Å². The Kier molecular flexibility index (Phi) is 4.68. The summed E-state index contributed by atoms with van der Waals surface area (Å²) in [6.45, 7) is 3.41. The van der Waals surface area contributed by atoms with Gasteiger partial charge in [0.15, 0.2) is 0 Å². The van der Waals surface area contributed by atoms with Crippen LogP contribution < -0.4 is 15.8 Å². The normalized spacial score (nSPS) is 12.8. The minimum atomic E-state index is -3.50. The summed E-state index contributed by atoms with van der Waals surface area (Å²) >= 11 is 0. The van der Waals surface area contributed by atoms with Gasteiger partial charge in [-0.2, -0.15) is 0 Å². The molecule has 0 bridgehead atoms. The lowest BCUT2D eigenvalue weighted by Crippen LogP contribution is -2.20.